The number of fused-ring (bicyclic) bond motifs is 1. The van der Waals surface area contributed by atoms with Crippen molar-refractivity contribution in [3.8, 4) is 22.7 Å². The summed E-state index contributed by atoms with van der Waals surface area (Å²) in [7, 11) is 0. The van der Waals surface area contributed by atoms with Crippen LogP contribution in [0.15, 0.2) is 85.1 Å². The van der Waals surface area contributed by atoms with Gasteiger partial charge in [-0.05, 0) is 48.5 Å². The lowest BCUT2D eigenvalue weighted by Gasteiger charge is -2.25. The van der Waals surface area contributed by atoms with E-state index in [1.54, 1.807) is 41.1 Å². The maximum Gasteiger partial charge on any atom is 0.266 e. The number of ether oxygens (including phenoxy) is 1. The van der Waals surface area contributed by atoms with Gasteiger partial charge in [-0.3, -0.25) is 9.59 Å². The molecule has 2 amide bonds. The monoisotopic (exact) mass is 456 g/mol. The van der Waals surface area contributed by atoms with Gasteiger partial charge < -0.3 is 15.4 Å². The molecule has 34 heavy (non-hydrogen) atoms. The summed E-state index contributed by atoms with van der Waals surface area (Å²) in [5.74, 6) is -0.508. The van der Waals surface area contributed by atoms with Crippen LogP contribution in [-0.4, -0.2) is 27.7 Å². The molecule has 5 rings (SSSR count). The lowest BCUT2D eigenvalue weighted by atomic mass is 10.1. The molecule has 2 N–H and O–H groups in total. The number of halogens is 1. The Labute approximate surface area is 195 Å². The molecule has 0 saturated carbocycles. The Morgan fingerprint density at radius 3 is 2.56 bits per heavy atom. The molecule has 8 heteroatoms. The Morgan fingerprint density at radius 2 is 1.76 bits per heavy atom. The van der Waals surface area contributed by atoms with Gasteiger partial charge in [-0.15, -0.1) is 0 Å². The molecule has 2 heterocycles. The molecule has 7 nitrogen and oxygen atoms in total. The zero-order chi connectivity index (χ0) is 23.5. The quantitative estimate of drug-likeness (QED) is 0.458. The molecule has 4 aromatic rings. The van der Waals surface area contributed by atoms with Crippen LogP contribution in [0.3, 0.4) is 0 Å². The number of benzene rings is 3. The topological polar surface area (TPSA) is 85.2 Å². The second-order valence-corrected chi connectivity index (χ2v) is 7.86. The number of nitrogens with zero attached hydrogens (tertiary/aromatic N) is 2. The Hall–Kier alpha value is -4.46. The zero-order valence-corrected chi connectivity index (χ0v) is 18.1. The highest BCUT2D eigenvalue weighted by atomic mass is 19.1. The van der Waals surface area contributed by atoms with Gasteiger partial charge in [-0.1, -0.05) is 30.3 Å². The van der Waals surface area contributed by atoms with E-state index in [0.29, 0.717) is 17.1 Å². The van der Waals surface area contributed by atoms with E-state index in [9.17, 15) is 14.0 Å². The fraction of sp³-hybridized carbons (Fsp3) is 0.115. The Bertz CT molecular complexity index is 1340. The molecule has 0 radical (unpaired) electrons. The largest absolute Gasteiger partial charge is 0.478 e. The minimum absolute atomic E-state index is 0.126. The number of anilines is 1. The van der Waals surface area contributed by atoms with Crippen LogP contribution in [0.2, 0.25) is 0 Å². The minimum atomic E-state index is -0.918. The van der Waals surface area contributed by atoms with Crippen molar-refractivity contribution >= 4 is 17.5 Å². The summed E-state index contributed by atoms with van der Waals surface area (Å²) >= 11 is 0. The Balaban J connectivity index is 1.32. The first-order chi connectivity index (χ1) is 16.6. The standard InChI is InChI=1S/C26H21FN4O3/c27-19-12-10-17(11-13-19)25-18(16-31(30-25)20-6-2-1-3-7-20)15-28-24(32)14-23-26(33)29-21-8-4-5-9-22(21)34-23/h1-13,16,23H,14-15H2,(H,28,32)(H,29,33). The van der Waals surface area contributed by atoms with Crippen molar-refractivity contribution in [2.45, 2.75) is 19.1 Å². The second kappa shape index (κ2) is 9.19. The summed E-state index contributed by atoms with van der Waals surface area (Å²) in [4.78, 5) is 25.0. The number of hydrogen-bond donors (Lipinski definition) is 2. The fourth-order valence-electron chi connectivity index (χ4n) is 3.76. The SMILES string of the molecule is O=C(CC1Oc2ccccc2NC1=O)NCc1cn(-c2ccccc2)nc1-c1ccc(F)cc1. The van der Waals surface area contributed by atoms with E-state index < -0.39 is 6.10 Å². The Morgan fingerprint density at radius 1 is 1.03 bits per heavy atom. The van der Waals surface area contributed by atoms with Crippen molar-refractivity contribution in [3.05, 3.63) is 96.4 Å². The van der Waals surface area contributed by atoms with E-state index >= 15 is 0 Å². The number of carbonyl (C=O) groups is 2. The molecule has 1 aromatic heterocycles. The molecule has 0 spiro atoms. The van der Waals surface area contributed by atoms with Crippen LogP contribution in [0.25, 0.3) is 16.9 Å². The smallest absolute Gasteiger partial charge is 0.266 e. The van der Waals surface area contributed by atoms with Gasteiger partial charge in [0.2, 0.25) is 5.91 Å². The van der Waals surface area contributed by atoms with Gasteiger partial charge in [0.1, 0.15) is 11.6 Å². The number of rotatable bonds is 6. The third kappa shape index (κ3) is 4.52. The maximum absolute atomic E-state index is 13.4. The summed E-state index contributed by atoms with van der Waals surface area (Å²) in [5, 5.41) is 10.3. The van der Waals surface area contributed by atoms with Crippen molar-refractivity contribution < 1.29 is 18.7 Å². The first-order valence-corrected chi connectivity index (χ1v) is 10.8. The average molecular weight is 456 g/mol. The number of para-hydroxylation sites is 3. The van der Waals surface area contributed by atoms with Gasteiger partial charge >= 0.3 is 0 Å². The van der Waals surface area contributed by atoms with Crippen molar-refractivity contribution in [2.24, 2.45) is 0 Å². The lowest BCUT2D eigenvalue weighted by molar-refractivity contribution is -0.130. The molecule has 1 unspecified atom stereocenters. The van der Waals surface area contributed by atoms with E-state index in [1.807, 2.05) is 36.5 Å². The van der Waals surface area contributed by atoms with Gasteiger partial charge in [-0.25, -0.2) is 9.07 Å². The predicted octanol–water partition coefficient (Wildman–Crippen LogP) is 4.08. The molecule has 1 aliphatic heterocycles. The van der Waals surface area contributed by atoms with Gasteiger partial charge in [0, 0.05) is 23.9 Å². The number of aromatic nitrogens is 2. The molecule has 0 bridgehead atoms. The highest BCUT2D eigenvalue weighted by Gasteiger charge is 2.29. The fourth-order valence-corrected chi connectivity index (χ4v) is 3.76. The van der Waals surface area contributed by atoms with Crippen LogP contribution in [-0.2, 0) is 16.1 Å². The molecule has 3 aromatic carbocycles. The van der Waals surface area contributed by atoms with Crippen molar-refractivity contribution in [3.63, 3.8) is 0 Å². The summed E-state index contributed by atoms with van der Waals surface area (Å²) in [6.45, 7) is 0.184. The van der Waals surface area contributed by atoms with Crippen LogP contribution in [0.5, 0.6) is 5.75 Å². The minimum Gasteiger partial charge on any atom is -0.478 e. The predicted molar refractivity (Wildman–Crippen MR) is 125 cm³/mol. The molecular weight excluding hydrogens is 435 g/mol. The van der Waals surface area contributed by atoms with Crippen molar-refractivity contribution in [2.75, 3.05) is 5.32 Å². The summed E-state index contributed by atoms with van der Waals surface area (Å²) in [6, 6.07) is 22.7. The van der Waals surface area contributed by atoms with Gasteiger partial charge in [0.25, 0.3) is 5.91 Å². The van der Waals surface area contributed by atoms with Crippen LogP contribution < -0.4 is 15.4 Å². The normalized spacial score (nSPS) is 14.6. The molecular formula is C26H21FN4O3. The van der Waals surface area contributed by atoms with Crippen LogP contribution in [0, 0.1) is 5.82 Å². The van der Waals surface area contributed by atoms with E-state index in [4.69, 9.17) is 4.74 Å². The lowest BCUT2D eigenvalue weighted by Crippen LogP contribution is -2.40. The molecule has 170 valence electrons. The first-order valence-electron chi connectivity index (χ1n) is 10.8. The van der Waals surface area contributed by atoms with Crippen molar-refractivity contribution in [1.82, 2.24) is 15.1 Å². The van der Waals surface area contributed by atoms with Crippen LogP contribution in [0.1, 0.15) is 12.0 Å². The third-order valence-electron chi connectivity index (χ3n) is 5.48. The highest BCUT2D eigenvalue weighted by molar-refractivity contribution is 5.99. The highest BCUT2D eigenvalue weighted by Crippen LogP contribution is 2.29. The summed E-state index contributed by atoms with van der Waals surface area (Å²) in [5.41, 5.74) is 3.55. The van der Waals surface area contributed by atoms with Gasteiger partial charge in [0.15, 0.2) is 6.10 Å². The number of carbonyl (C=O) groups excluding carboxylic acids is 2. The van der Waals surface area contributed by atoms with E-state index in [1.165, 1.54) is 12.1 Å². The first kappa shape index (κ1) is 21.4. The summed E-state index contributed by atoms with van der Waals surface area (Å²) < 4.78 is 20.9. The van der Waals surface area contributed by atoms with Crippen molar-refractivity contribution in [1.29, 1.82) is 0 Å². The van der Waals surface area contributed by atoms with Crippen LogP contribution >= 0.6 is 0 Å². The van der Waals surface area contributed by atoms with Gasteiger partial charge in [-0.2, -0.15) is 5.10 Å². The number of hydrogen-bond acceptors (Lipinski definition) is 4. The molecule has 0 fully saturated rings. The van der Waals surface area contributed by atoms with E-state index in [2.05, 4.69) is 15.7 Å². The molecule has 0 aliphatic carbocycles. The van der Waals surface area contributed by atoms with Gasteiger partial charge in [0.05, 0.1) is 23.5 Å². The van der Waals surface area contributed by atoms with Crippen LogP contribution in [0.4, 0.5) is 10.1 Å². The van der Waals surface area contributed by atoms with E-state index in [-0.39, 0.29) is 30.6 Å². The zero-order valence-electron chi connectivity index (χ0n) is 18.1. The molecule has 1 atom stereocenters. The maximum atomic E-state index is 13.4. The Kier molecular flexibility index (Phi) is 5.78. The molecule has 1 aliphatic rings. The number of amides is 2. The summed E-state index contributed by atoms with van der Waals surface area (Å²) in [6.07, 6.45) is 0.784. The average Bonchev–Trinajstić information content (AvgIpc) is 3.28. The second-order valence-electron chi connectivity index (χ2n) is 7.86. The third-order valence-corrected chi connectivity index (χ3v) is 5.48. The number of nitrogens with one attached hydrogen (secondary N) is 2. The molecule has 0 saturated heterocycles. The van der Waals surface area contributed by atoms with E-state index in [0.717, 1.165) is 16.8 Å².